The van der Waals surface area contributed by atoms with Crippen molar-refractivity contribution in [3.63, 3.8) is 0 Å². The van der Waals surface area contributed by atoms with E-state index in [4.69, 9.17) is 4.42 Å². The average Bonchev–Trinajstić information content (AvgIpc) is 2.59. The van der Waals surface area contributed by atoms with E-state index in [1.165, 1.54) is 0 Å². The van der Waals surface area contributed by atoms with Gasteiger partial charge in [-0.1, -0.05) is 42.5 Å². The Morgan fingerprint density at radius 1 is 0.783 bits per heavy atom. The molecule has 0 amide bonds. The van der Waals surface area contributed by atoms with Crippen molar-refractivity contribution >= 4 is 21.9 Å². The molecule has 3 aromatic carbocycles. The van der Waals surface area contributed by atoms with Gasteiger partial charge < -0.3 is 4.42 Å². The SMILES string of the molecule is Cc1c(-c2ccccc2)cc2oc3ccccc3c(=O)c2c1C. The molecule has 2 heteroatoms. The Balaban J connectivity index is 2.16. The maximum Gasteiger partial charge on any atom is 0.200 e. The summed E-state index contributed by atoms with van der Waals surface area (Å²) < 4.78 is 6.02. The van der Waals surface area contributed by atoms with Gasteiger partial charge in [-0.3, -0.25) is 4.79 Å². The molecule has 0 atom stereocenters. The first-order valence-electron chi connectivity index (χ1n) is 7.68. The van der Waals surface area contributed by atoms with Gasteiger partial charge in [-0.15, -0.1) is 0 Å². The van der Waals surface area contributed by atoms with Gasteiger partial charge in [0.25, 0.3) is 0 Å². The van der Waals surface area contributed by atoms with E-state index in [1.54, 1.807) is 0 Å². The normalized spacial score (nSPS) is 11.2. The van der Waals surface area contributed by atoms with Crippen molar-refractivity contribution in [2.45, 2.75) is 13.8 Å². The molecular weight excluding hydrogens is 284 g/mol. The summed E-state index contributed by atoms with van der Waals surface area (Å²) in [5.41, 5.74) is 5.66. The maximum atomic E-state index is 12.8. The second-order valence-corrected chi connectivity index (χ2v) is 5.84. The van der Waals surface area contributed by atoms with Crippen LogP contribution in [0.3, 0.4) is 0 Å². The molecule has 0 fully saturated rings. The summed E-state index contributed by atoms with van der Waals surface area (Å²) in [6, 6.07) is 19.6. The van der Waals surface area contributed by atoms with Gasteiger partial charge in [-0.2, -0.15) is 0 Å². The van der Waals surface area contributed by atoms with Gasteiger partial charge in [-0.05, 0) is 54.3 Å². The molecule has 0 N–H and O–H groups in total. The quantitative estimate of drug-likeness (QED) is 0.451. The Kier molecular flexibility index (Phi) is 3.05. The Morgan fingerprint density at radius 2 is 1.48 bits per heavy atom. The lowest BCUT2D eigenvalue weighted by Crippen LogP contribution is -2.05. The first kappa shape index (κ1) is 13.8. The molecule has 0 unspecified atom stereocenters. The highest BCUT2D eigenvalue weighted by atomic mass is 16.3. The summed E-state index contributed by atoms with van der Waals surface area (Å²) in [5.74, 6) is 0. The molecule has 4 aromatic rings. The fourth-order valence-electron chi connectivity index (χ4n) is 3.16. The molecule has 0 aliphatic heterocycles. The minimum absolute atomic E-state index is 0.0436. The lowest BCUT2D eigenvalue weighted by Gasteiger charge is -2.12. The van der Waals surface area contributed by atoms with Crippen molar-refractivity contribution in [1.82, 2.24) is 0 Å². The maximum absolute atomic E-state index is 12.8. The minimum atomic E-state index is 0.0436. The molecule has 0 spiro atoms. The fourth-order valence-corrected chi connectivity index (χ4v) is 3.16. The average molecular weight is 300 g/mol. The fraction of sp³-hybridized carbons (Fsp3) is 0.0952. The second-order valence-electron chi connectivity index (χ2n) is 5.84. The first-order valence-corrected chi connectivity index (χ1v) is 7.68. The zero-order valence-electron chi connectivity index (χ0n) is 13.1. The highest BCUT2D eigenvalue weighted by Crippen LogP contribution is 2.31. The van der Waals surface area contributed by atoms with Gasteiger partial charge >= 0.3 is 0 Å². The van der Waals surface area contributed by atoms with Crippen LogP contribution < -0.4 is 5.43 Å². The Bertz CT molecular complexity index is 1090. The van der Waals surface area contributed by atoms with E-state index in [1.807, 2.05) is 55.5 Å². The number of fused-ring (bicyclic) bond motifs is 2. The van der Waals surface area contributed by atoms with E-state index >= 15 is 0 Å². The monoisotopic (exact) mass is 300 g/mol. The largest absolute Gasteiger partial charge is 0.456 e. The van der Waals surface area contributed by atoms with Crippen LogP contribution in [0, 0.1) is 13.8 Å². The van der Waals surface area contributed by atoms with E-state index in [9.17, 15) is 4.79 Å². The van der Waals surface area contributed by atoms with Gasteiger partial charge in [0, 0.05) is 0 Å². The number of benzene rings is 3. The van der Waals surface area contributed by atoms with Gasteiger partial charge in [0.15, 0.2) is 0 Å². The predicted octanol–water partition coefficient (Wildman–Crippen LogP) is 5.23. The van der Waals surface area contributed by atoms with Gasteiger partial charge in [0.05, 0.1) is 10.8 Å². The van der Waals surface area contributed by atoms with Crippen LogP contribution in [0.25, 0.3) is 33.1 Å². The summed E-state index contributed by atoms with van der Waals surface area (Å²) in [7, 11) is 0. The smallest absolute Gasteiger partial charge is 0.200 e. The highest BCUT2D eigenvalue weighted by molar-refractivity contribution is 5.95. The highest BCUT2D eigenvalue weighted by Gasteiger charge is 2.14. The molecule has 112 valence electrons. The van der Waals surface area contributed by atoms with Crippen molar-refractivity contribution in [3.05, 3.63) is 82.0 Å². The van der Waals surface area contributed by atoms with Crippen LogP contribution in [0.4, 0.5) is 0 Å². The zero-order chi connectivity index (χ0) is 16.0. The van der Waals surface area contributed by atoms with Gasteiger partial charge in [-0.25, -0.2) is 0 Å². The number of para-hydroxylation sites is 1. The summed E-state index contributed by atoms with van der Waals surface area (Å²) in [6.45, 7) is 4.06. The third kappa shape index (κ3) is 2.07. The molecule has 0 saturated heterocycles. The third-order valence-electron chi connectivity index (χ3n) is 4.53. The summed E-state index contributed by atoms with van der Waals surface area (Å²) in [6.07, 6.45) is 0. The van der Waals surface area contributed by atoms with Crippen molar-refractivity contribution in [2.75, 3.05) is 0 Å². The van der Waals surface area contributed by atoms with Crippen molar-refractivity contribution in [2.24, 2.45) is 0 Å². The van der Waals surface area contributed by atoms with Crippen LogP contribution in [0.5, 0.6) is 0 Å². The molecule has 0 radical (unpaired) electrons. The Hall–Kier alpha value is -2.87. The molecular formula is C21H16O2. The summed E-state index contributed by atoms with van der Waals surface area (Å²) in [4.78, 5) is 12.8. The number of hydrogen-bond acceptors (Lipinski definition) is 2. The zero-order valence-corrected chi connectivity index (χ0v) is 13.1. The molecule has 0 aliphatic carbocycles. The van der Waals surface area contributed by atoms with Crippen LogP contribution in [0.15, 0.2) is 69.9 Å². The van der Waals surface area contributed by atoms with Crippen LogP contribution >= 0.6 is 0 Å². The van der Waals surface area contributed by atoms with Gasteiger partial charge in [0.1, 0.15) is 11.2 Å². The van der Waals surface area contributed by atoms with Crippen molar-refractivity contribution < 1.29 is 4.42 Å². The van der Waals surface area contributed by atoms with Crippen molar-refractivity contribution in [1.29, 1.82) is 0 Å². The summed E-state index contributed by atoms with van der Waals surface area (Å²) >= 11 is 0. The molecule has 1 heterocycles. The van der Waals surface area contributed by atoms with Crippen LogP contribution in [-0.4, -0.2) is 0 Å². The minimum Gasteiger partial charge on any atom is -0.456 e. The molecule has 4 rings (SSSR count). The van der Waals surface area contributed by atoms with Crippen LogP contribution in [-0.2, 0) is 0 Å². The molecule has 0 saturated carbocycles. The number of aryl methyl sites for hydroxylation is 1. The van der Waals surface area contributed by atoms with Crippen LogP contribution in [0.2, 0.25) is 0 Å². The van der Waals surface area contributed by atoms with E-state index < -0.39 is 0 Å². The Morgan fingerprint density at radius 3 is 2.26 bits per heavy atom. The molecule has 0 aliphatic rings. The van der Waals surface area contributed by atoms with E-state index in [0.717, 1.165) is 22.3 Å². The summed E-state index contributed by atoms with van der Waals surface area (Å²) in [5, 5.41) is 1.32. The molecule has 0 bridgehead atoms. The Labute approximate surface area is 134 Å². The molecule has 1 aromatic heterocycles. The van der Waals surface area contributed by atoms with E-state index in [0.29, 0.717) is 21.9 Å². The third-order valence-corrected chi connectivity index (χ3v) is 4.53. The number of rotatable bonds is 1. The standard InChI is InChI=1S/C21H16O2/c1-13-14(2)20-19(12-17(13)15-8-4-3-5-9-15)23-18-11-7-6-10-16(18)21(20)22/h3-12H,1-2H3. The molecule has 2 nitrogen and oxygen atoms in total. The lowest BCUT2D eigenvalue weighted by atomic mass is 9.93. The van der Waals surface area contributed by atoms with Gasteiger partial charge in [0.2, 0.25) is 5.43 Å². The predicted molar refractivity (Wildman–Crippen MR) is 94.9 cm³/mol. The van der Waals surface area contributed by atoms with E-state index in [2.05, 4.69) is 19.1 Å². The molecule has 23 heavy (non-hydrogen) atoms. The van der Waals surface area contributed by atoms with E-state index in [-0.39, 0.29) is 5.43 Å². The first-order chi connectivity index (χ1) is 11.2. The number of hydrogen-bond donors (Lipinski definition) is 0. The topological polar surface area (TPSA) is 30.2 Å². The van der Waals surface area contributed by atoms with Crippen molar-refractivity contribution in [3.8, 4) is 11.1 Å². The lowest BCUT2D eigenvalue weighted by molar-refractivity contribution is 0.659. The van der Waals surface area contributed by atoms with Crippen LogP contribution in [0.1, 0.15) is 11.1 Å². The second kappa shape index (κ2) is 5.10.